The first kappa shape index (κ1) is 14.8. The van der Waals surface area contributed by atoms with E-state index in [4.69, 9.17) is 9.15 Å². The fourth-order valence-corrected chi connectivity index (χ4v) is 2.09. The number of halogens is 1. The summed E-state index contributed by atoms with van der Waals surface area (Å²) in [6.45, 7) is 0.337. The van der Waals surface area contributed by atoms with Crippen molar-refractivity contribution in [2.75, 3.05) is 0 Å². The maximum atomic E-state index is 11.4. The van der Waals surface area contributed by atoms with Crippen LogP contribution < -0.4 is 10.2 Å². The third kappa shape index (κ3) is 4.21. The second kappa shape index (κ2) is 6.79. The molecule has 0 spiro atoms. The number of carbonyl (C=O) groups is 1. The molecular weight excluding hydrogens is 348 g/mol. The number of hydrogen-bond donors (Lipinski definition) is 1. The van der Waals surface area contributed by atoms with E-state index in [1.165, 1.54) is 6.21 Å². The number of amides is 1. The molecule has 114 valence electrons. The smallest absolute Gasteiger partial charge is 0.243 e. The van der Waals surface area contributed by atoms with Gasteiger partial charge in [-0.05, 0) is 49.2 Å². The lowest BCUT2D eigenvalue weighted by Crippen LogP contribution is -2.18. The van der Waals surface area contributed by atoms with Gasteiger partial charge in [-0.2, -0.15) is 5.10 Å². The predicted molar refractivity (Wildman–Crippen MR) is 85.6 cm³/mol. The zero-order valence-corrected chi connectivity index (χ0v) is 13.4. The van der Waals surface area contributed by atoms with Gasteiger partial charge in [-0.3, -0.25) is 4.79 Å². The maximum absolute atomic E-state index is 11.4. The van der Waals surface area contributed by atoms with Crippen LogP contribution in [0.4, 0.5) is 0 Å². The topological polar surface area (TPSA) is 63.8 Å². The number of carbonyl (C=O) groups excluding carboxylic acids is 1. The van der Waals surface area contributed by atoms with Gasteiger partial charge in [0.2, 0.25) is 5.91 Å². The van der Waals surface area contributed by atoms with Crippen LogP contribution in [0.15, 0.2) is 50.4 Å². The van der Waals surface area contributed by atoms with Crippen molar-refractivity contribution in [3.05, 3.63) is 52.4 Å². The molecule has 1 aliphatic rings. The Morgan fingerprint density at radius 3 is 2.82 bits per heavy atom. The molecular formula is C16H15BrN2O3. The first-order valence-corrected chi connectivity index (χ1v) is 7.80. The van der Waals surface area contributed by atoms with Gasteiger partial charge in [0, 0.05) is 10.4 Å². The van der Waals surface area contributed by atoms with Crippen LogP contribution in [0.3, 0.4) is 0 Å². The number of furan rings is 1. The minimum atomic E-state index is -0.0263. The first-order valence-electron chi connectivity index (χ1n) is 7.01. The van der Waals surface area contributed by atoms with Crippen LogP contribution in [0.25, 0.3) is 0 Å². The highest BCUT2D eigenvalue weighted by atomic mass is 79.9. The number of hydrogen-bond acceptors (Lipinski definition) is 4. The average molecular weight is 363 g/mol. The van der Waals surface area contributed by atoms with E-state index in [2.05, 4.69) is 26.5 Å². The Morgan fingerprint density at radius 2 is 2.09 bits per heavy atom. The standard InChI is InChI=1S/C16H15BrN2O3/c17-12-3-5-13(6-4-12)21-10-15-8-7-14(22-15)9-18-19-16(20)11-1-2-11/h3-9,11H,1-2,10H2,(H,19,20)/b18-9-. The van der Waals surface area contributed by atoms with E-state index in [9.17, 15) is 4.79 Å². The first-order chi connectivity index (χ1) is 10.7. The highest BCUT2D eigenvalue weighted by molar-refractivity contribution is 9.10. The summed E-state index contributed by atoms with van der Waals surface area (Å²) in [7, 11) is 0. The Labute approximate surface area is 136 Å². The lowest BCUT2D eigenvalue weighted by molar-refractivity contribution is -0.122. The molecule has 5 nitrogen and oxygen atoms in total. The molecule has 0 radical (unpaired) electrons. The fraction of sp³-hybridized carbons (Fsp3) is 0.250. The molecule has 3 rings (SSSR count). The van der Waals surface area contributed by atoms with E-state index < -0.39 is 0 Å². The quantitative estimate of drug-likeness (QED) is 0.631. The normalized spacial score (nSPS) is 14.2. The van der Waals surface area contributed by atoms with Crippen molar-refractivity contribution in [2.45, 2.75) is 19.4 Å². The number of nitrogens with zero attached hydrogens (tertiary/aromatic N) is 1. The van der Waals surface area contributed by atoms with Gasteiger partial charge >= 0.3 is 0 Å². The van der Waals surface area contributed by atoms with Crippen molar-refractivity contribution in [1.29, 1.82) is 0 Å². The van der Waals surface area contributed by atoms with Gasteiger partial charge in [-0.1, -0.05) is 15.9 Å². The summed E-state index contributed by atoms with van der Waals surface area (Å²) in [5.41, 5.74) is 2.50. The summed E-state index contributed by atoms with van der Waals surface area (Å²) < 4.78 is 12.2. The van der Waals surface area contributed by atoms with Crippen LogP contribution in [0, 0.1) is 5.92 Å². The van der Waals surface area contributed by atoms with Gasteiger partial charge in [0.25, 0.3) is 0 Å². The minimum absolute atomic E-state index is 0.0263. The number of hydrazone groups is 1. The maximum Gasteiger partial charge on any atom is 0.243 e. The summed E-state index contributed by atoms with van der Waals surface area (Å²) in [4.78, 5) is 11.4. The molecule has 0 atom stereocenters. The number of nitrogens with one attached hydrogen (secondary N) is 1. The zero-order valence-electron chi connectivity index (χ0n) is 11.8. The average Bonchev–Trinajstić information content (AvgIpc) is 3.28. The van der Waals surface area contributed by atoms with Gasteiger partial charge in [0.15, 0.2) is 0 Å². The van der Waals surface area contributed by atoms with Crippen molar-refractivity contribution in [1.82, 2.24) is 5.43 Å². The number of rotatable bonds is 6. The molecule has 1 aliphatic carbocycles. The second-order valence-electron chi connectivity index (χ2n) is 5.06. The summed E-state index contributed by atoms with van der Waals surface area (Å²) in [5.74, 6) is 2.15. The summed E-state index contributed by atoms with van der Waals surface area (Å²) in [6.07, 6.45) is 3.41. The minimum Gasteiger partial charge on any atom is -0.486 e. The van der Waals surface area contributed by atoms with Crippen LogP contribution in [-0.2, 0) is 11.4 Å². The van der Waals surface area contributed by atoms with Gasteiger partial charge in [-0.25, -0.2) is 5.43 Å². The molecule has 1 fully saturated rings. The molecule has 1 N–H and O–H groups in total. The monoisotopic (exact) mass is 362 g/mol. The van der Waals surface area contributed by atoms with Crippen LogP contribution in [0.5, 0.6) is 5.75 Å². The largest absolute Gasteiger partial charge is 0.486 e. The Hall–Kier alpha value is -2.08. The van der Waals surface area contributed by atoms with Crippen molar-refractivity contribution in [2.24, 2.45) is 11.0 Å². The summed E-state index contributed by atoms with van der Waals surface area (Å²) in [5, 5.41) is 3.88. The van der Waals surface area contributed by atoms with E-state index in [1.807, 2.05) is 30.3 Å². The van der Waals surface area contributed by atoms with Gasteiger partial charge in [0.1, 0.15) is 23.9 Å². The molecule has 6 heteroatoms. The third-order valence-corrected chi connectivity index (χ3v) is 3.72. The van der Waals surface area contributed by atoms with Crippen molar-refractivity contribution < 1.29 is 13.9 Å². The van der Waals surface area contributed by atoms with Crippen molar-refractivity contribution in [3.8, 4) is 5.75 Å². The molecule has 1 saturated carbocycles. The van der Waals surface area contributed by atoms with E-state index in [0.717, 1.165) is 23.1 Å². The van der Waals surface area contributed by atoms with Crippen LogP contribution in [-0.4, -0.2) is 12.1 Å². The molecule has 0 saturated heterocycles. The van der Waals surface area contributed by atoms with Crippen LogP contribution in [0.2, 0.25) is 0 Å². The SMILES string of the molecule is O=C(N/N=C\c1ccc(COc2ccc(Br)cc2)o1)C1CC1. The Bertz CT molecular complexity index is 675. The van der Waals surface area contributed by atoms with Crippen LogP contribution >= 0.6 is 15.9 Å². The molecule has 2 aromatic rings. The van der Waals surface area contributed by atoms with Gasteiger partial charge in [0.05, 0.1) is 6.21 Å². The number of benzene rings is 1. The summed E-state index contributed by atoms with van der Waals surface area (Å²) in [6, 6.07) is 11.2. The highest BCUT2D eigenvalue weighted by Crippen LogP contribution is 2.28. The second-order valence-corrected chi connectivity index (χ2v) is 5.97. The lowest BCUT2D eigenvalue weighted by Gasteiger charge is -2.03. The predicted octanol–water partition coefficient (Wildman–Crippen LogP) is 3.48. The third-order valence-electron chi connectivity index (χ3n) is 3.19. The van der Waals surface area contributed by atoms with E-state index in [0.29, 0.717) is 18.1 Å². The number of ether oxygens (including phenoxy) is 1. The molecule has 1 amide bonds. The van der Waals surface area contributed by atoms with Gasteiger partial charge in [-0.15, -0.1) is 0 Å². The fourth-order valence-electron chi connectivity index (χ4n) is 1.82. The molecule has 0 aliphatic heterocycles. The van der Waals surface area contributed by atoms with Crippen molar-refractivity contribution >= 4 is 28.1 Å². The summed E-state index contributed by atoms with van der Waals surface area (Å²) >= 11 is 3.37. The molecule has 1 aromatic carbocycles. The van der Waals surface area contributed by atoms with Crippen LogP contribution in [0.1, 0.15) is 24.4 Å². The Kier molecular flexibility index (Phi) is 4.58. The Morgan fingerprint density at radius 1 is 1.32 bits per heavy atom. The lowest BCUT2D eigenvalue weighted by atomic mass is 10.3. The molecule has 1 aromatic heterocycles. The highest BCUT2D eigenvalue weighted by Gasteiger charge is 2.29. The molecule has 1 heterocycles. The molecule has 0 bridgehead atoms. The molecule has 22 heavy (non-hydrogen) atoms. The van der Waals surface area contributed by atoms with E-state index in [1.54, 1.807) is 6.07 Å². The Balaban J connectivity index is 1.49. The zero-order chi connectivity index (χ0) is 15.4. The van der Waals surface area contributed by atoms with Gasteiger partial charge < -0.3 is 9.15 Å². The van der Waals surface area contributed by atoms with E-state index in [-0.39, 0.29) is 11.8 Å². The van der Waals surface area contributed by atoms with E-state index >= 15 is 0 Å². The molecule has 0 unspecified atom stereocenters. The van der Waals surface area contributed by atoms with Crippen molar-refractivity contribution in [3.63, 3.8) is 0 Å².